The molecule has 1 aromatic rings. The molecule has 0 radical (unpaired) electrons. The Morgan fingerprint density at radius 2 is 2.20 bits per heavy atom. The largest absolute Gasteiger partial charge is 0.396 e. The number of halogens is 1. The van der Waals surface area contributed by atoms with Crippen molar-refractivity contribution in [2.45, 2.75) is 19.4 Å². The molecule has 2 unspecified atom stereocenters. The highest BCUT2D eigenvalue weighted by Gasteiger charge is 2.24. The third-order valence-electron chi connectivity index (χ3n) is 2.64. The summed E-state index contributed by atoms with van der Waals surface area (Å²) in [5.41, 5.74) is 0. The summed E-state index contributed by atoms with van der Waals surface area (Å²) in [4.78, 5) is 3.50. The van der Waals surface area contributed by atoms with Crippen molar-refractivity contribution < 1.29 is 5.11 Å². The fourth-order valence-electron chi connectivity index (χ4n) is 1.84. The Hall–Kier alpha value is 0.1000. The van der Waals surface area contributed by atoms with Crippen LogP contribution in [0.25, 0.3) is 0 Å². The first-order valence-corrected chi connectivity index (χ1v) is 6.78. The Morgan fingerprint density at radius 1 is 1.53 bits per heavy atom. The lowest BCUT2D eigenvalue weighted by Crippen LogP contribution is -2.28. The van der Waals surface area contributed by atoms with Crippen LogP contribution in [0.4, 0.5) is 0 Å². The summed E-state index contributed by atoms with van der Waals surface area (Å²) in [6, 6.07) is 2.46. The van der Waals surface area contributed by atoms with E-state index in [4.69, 9.17) is 0 Å². The van der Waals surface area contributed by atoms with Crippen LogP contribution < -0.4 is 0 Å². The summed E-state index contributed by atoms with van der Waals surface area (Å²) in [6.45, 7) is 2.37. The molecule has 2 atom stereocenters. The number of hydrogen-bond donors (Lipinski definition) is 1. The van der Waals surface area contributed by atoms with Gasteiger partial charge in [-0.3, -0.25) is 0 Å². The van der Waals surface area contributed by atoms with Gasteiger partial charge >= 0.3 is 0 Å². The van der Waals surface area contributed by atoms with Gasteiger partial charge in [-0.05, 0) is 42.5 Å². The van der Waals surface area contributed by atoms with Crippen molar-refractivity contribution in [2.24, 2.45) is 5.92 Å². The van der Waals surface area contributed by atoms with E-state index in [0.29, 0.717) is 12.0 Å². The van der Waals surface area contributed by atoms with Gasteiger partial charge in [0.15, 0.2) is 0 Å². The van der Waals surface area contributed by atoms with Crippen molar-refractivity contribution in [1.29, 1.82) is 0 Å². The van der Waals surface area contributed by atoms with Crippen molar-refractivity contribution in [3.05, 3.63) is 20.8 Å². The van der Waals surface area contributed by atoms with Gasteiger partial charge in [-0.1, -0.05) is 6.92 Å². The van der Waals surface area contributed by atoms with Gasteiger partial charge in [0.25, 0.3) is 0 Å². The Labute approximate surface area is 104 Å². The van der Waals surface area contributed by atoms with E-state index in [9.17, 15) is 5.11 Å². The minimum atomic E-state index is 0.245. The average Bonchev–Trinajstić information content (AvgIpc) is 2.59. The van der Waals surface area contributed by atoms with E-state index in [1.165, 1.54) is 4.88 Å². The van der Waals surface area contributed by atoms with Crippen molar-refractivity contribution in [3.63, 3.8) is 0 Å². The maximum absolute atomic E-state index is 9.38. The summed E-state index contributed by atoms with van der Waals surface area (Å²) in [5.74, 6) is 0.311. The standard InChI is InChI=1S/C11H18BrNOS/c1-4-8(6-14)11(13(2)3)10-5-9(12)7-15-10/h5,7-8,11,14H,4,6H2,1-3H3. The van der Waals surface area contributed by atoms with Crippen LogP contribution in [0.2, 0.25) is 0 Å². The molecule has 0 aliphatic carbocycles. The molecule has 0 bridgehead atoms. The SMILES string of the molecule is CCC(CO)C(c1cc(Br)cs1)N(C)C. The molecule has 0 amide bonds. The second kappa shape index (κ2) is 5.99. The molecule has 15 heavy (non-hydrogen) atoms. The van der Waals surface area contributed by atoms with Crippen molar-refractivity contribution in [2.75, 3.05) is 20.7 Å². The van der Waals surface area contributed by atoms with E-state index in [1.54, 1.807) is 11.3 Å². The second-order valence-electron chi connectivity index (χ2n) is 3.93. The number of aliphatic hydroxyl groups is 1. The van der Waals surface area contributed by atoms with Crippen LogP contribution in [0.5, 0.6) is 0 Å². The lowest BCUT2D eigenvalue weighted by atomic mass is 9.95. The molecule has 2 nitrogen and oxygen atoms in total. The minimum Gasteiger partial charge on any atom is -0.396 e. The predicted molar refractivity (Wildman–Crippen MR) is 69.3 cm³/mol. The topological polar surface area (TPSA) is 23.5 Å². The molecular formula is C11H18BrNOS. The summed E-state index contributed by atoms with van der Waals surface area (Å²) >= 11 is 5.22. The smallest absolute Gasteiger partial charge is 0.0485 e. The van der Waals surface area contributed by atoms with E-state index in [0.717, 1.165) is 10.9 Å². The zero-order valence-corrected chi connectivity index (χ0v) is 11.8. The molecule has 1 heterocycles. The monoisotopic (exact) mass is 291 g/mol. The highest BCUT2D eigenvalue weighted by molar-refractivity contribution is 9.10. The highest BCUT2D eigenvalue weighted by Crippen LogP contribution is 2.34. The van der Waals surface area contributed by atoms with Crippen LogP contribution in [0.3, 0.4) is 0 Å². The van der Waals surface area contributed by atoms with E-state index >= 15 is 0 Å². The third kappa shape index (κ3) is 3.28. The van der Waals surface area contributed by atoms with Crippen LogP contribution >= 0.6 is 27.3 Å². The van der Waals surface area contributed by atoms with E-state index in [-0.39, 0.29) is 6.61 Å². The Bertz CT molecular complexity index is 297. The molecule has 0 saturated heterocycles. The Balaban J connectivity index is 2.91. The van der Waals surface area contributed by atoms with Gasteiger partial charge in [-0.2, -0.15) is 0 Å². The lowest BCUT2D eigenvalue weighted by molar-refractivity contribution is 0.132. The lowest BCUT2D eigenvalue weighted by Gasteiger charge is -2.29. The summed E-state index contributed by atoms with van der Waals surface area (Å²) in [7, 11) is 4.13. The maximum atomic E-state index is 9.38. The van der Waals surface area contributed by atoms with Crippen LogP contribution in [0.1, 0.15) is 24.3 Å². The molecule has 0 aliphatic heterocycles. The van der Waals surface area contributed by atoms with E-state index in [1.807, 2.05) is 0 Å². The summed E-state index contributed by atoms with van der Waals surface area (Å²) in [5, 5.41) is 11.5. The number of rotatable bonds is 5. The fourth-order valence-corrected chi connectivity index (χ4v) is 3.58. The molecule has 1 rings (SSSR count). The molecule has 0 aromatic carbocycles. The molecular weight excluding hydrogens is 274 g/mol. The van der Waals surface area contributed by atoms with Gasteiger partial charge in [-0.15, -0.1) is 11.3 Å². The first-order valence-electron chi connectivity index (χ1n) is 5.11. The quantitative estimate of drug-likeness (QED) is 0.901. The fraction of sp³-hybridized carbons (Fsp3) is 0.636. The highest BCUT2D eigenvalue weighted by atomic mass is 79.9. The van der Waals surface area contributed by atoms with Crippen molar-refractivity contribution >= 4 is 27.3 Å². The summed E-state index contributed by atoms with van der Waals surface area (Å²) in [6.07, 6.45) is 0.995. The van der Waals surface area contributed by atoms with Crippen molar-refractivity contribution in [1.82, 2.24) is 4.90 Å². The molecule has 0 aliphatic rings. The van der Waals surface area contributed by atoms with Crippen LogP contribution in [-0.2, 0) is 0 Å². The average molecular weight is 292 g/mol. The number of aliphatic hydroxyl groups excluding tert-OH is 1. The molecule has 0 fully saturated rings. The van der Waals surface area contributed by atoms with Crippen LogP contribution in [0, 0.1) is 5.92 Å². The summed E-state index contributed by atoms with van der Waals surface area (Å²) < 4.78 is 1.13. The molecule has 0 spiro atoms. The van der Waals surface area contributed by atoms with Gasteiger partial charge < -0.3 is 10.0 Å². The molecule has 86 valence electrons. The van der Waals surface area contributed by atoms with Gasteiger partial charge in [0, 0.05) is 33.3 Å². The van der Waals surface area contributed by atoms with Crippen molar-refractivity contribution in [3.8, 4) is 0 Å². The molecule has 1 aromatic heterocycles. The zero-order valence-electron chi connectivity index (χ0n) is 9.40. The normalized spacial score (nSPS) is 15.6. The molecule has 4 heteroatoms. The van der Waals surface area contributed by atoms with Gasteiger partial charge in [0.2, 0.25) is 0 Å². The van der Waals surface area contributed by atoms with Crippen LogP contribution in [-0.4, -0.2) is 30.7 Å². The number of hydrogen-bond acceptors (Lipinski definition) is 3. The number of nitrogens with zero attached hydrogens (tertiary/aromatic N) is 1. The molecule has 1 N–H and O–H groups in total. The predicted octanol–water partition coefficient (Wildman–Crippen LogP) is 3.13. The van der Waals surface area contributed by atoms with E-state index < -0.39 is 0 Å². The third-order valence-corrected chi connectivity index (χ3v) is 4.41. The van der Waals surface area contributed by atoms with Crippen LogP contribution in [0.15, 0.2) is 15.9 Å². The Morgan fingerprint density at radius 3 is 2.53 bits per heavy atom. The first kappa shape index (κ1) is 13.2. The second-order valence-corrected chi connectivity index (χ2v) is 5.79. The Kier molecular flexibility index (Phi) is 5.26. The van der Waals surface area contributed by atoms with Gasteiger partial charge in [0.1, 0.15) is 0 Å². The molecule has 0 saturated carbocycles. The zero-order chi connectivity index (χ0) is 11.4. The van der Waals surface area contributed by atoms with E-state index in [2.05, 4.69) is 53.3 Å². The van der Waals surface area contributed by atoms with Gasteiger partial charge in [0.05, 0.1) is 0 Å². The maximum Gasteiger partial charge on any atom is 0.0485 e. The number of thiophene rings is 1. The minimum absolute atomic E-state index is 0.245. The van der Waals surface area contributed by atoms with Gasteiger partial charge in [-0.25, -0.2) is 0 Å². The first-order chi connectivity index (χ1) is 7.10.